The topological polar surface area (TPSA) is 69.7 Å². The smallest absolute Gasteiger partial charge is 0.326 e. The lowest BCUT2D eigenvalue weighted by molar-refractivity contribution is -0.150. The molecule has 0 radical (unpaired) electrons. The van der Waals surface area contributed by atoms with Gasteiger partial charge in [0.2, 0.25) is 5.91 Å². The van der Waals surface area contributed by atoms with Crippen LogP contribution in [0.15, 0.2) is 0 Å². The molecule has 3 aliphatic rings. The van der Waals surface area contributed by atoms with Crippen molar-refractivity contribution in [1.82, 2.24) is 15.1 Å². The molecule has 1 N–H and O–H groups in total. The van der Waals surface area contributed by atoms with Crippen molar-refractivity contribution in [1.29, 1.82) is 0 Å². The summed E-state index contributed by atoms with van der Waals surface area (Å²) < 4.78 is 0. The molecule has 2 atom stereocenters. The highest BCUT2D eigenvalue weighted by molar-refractivity contribution is 6.03. The van der Waals surface area contributed by atoms with Crippen LogP contribution in [0, 0.1) is 17.3 Å². The van der Waals surface area contributed by atoms with E-state index in [1.165, 1.54) is 11.3 Å². The van der Waals surface area contributed by atoms with Crippen LogP contribution in [-0.4, -0.2) is 60.7 Å². The Kier molecular flexibility index (Phi) is 5.46. The van der Waals surface area contributed by atoms with Crippen molar-refractivity contribution < 1.29 is 14.4 Å². The van der Waals surface area contributed by atoms with Gasteiger partial charge in [-0.25, -0.2) is 4.79 Å². The van der Waals surface area contributed by atoms with Crippen LogP contribution in [0.2, 0.25) is 0 Å². The second kappa shape index (κ2) is 7.44. The summed E-state index contributed by atoms with van der Waals surface area (Å²) in [5.41, 5.74) is -0.561. The molecule has 2 saturated heterocycles. The predicted octanol–water partition coefficient (Wildman–Crippen LogP) is 2.04. The Morgan fingerprint density at radius 2 is 1.88 bits per heavy atom. The monoisotopic (exact) mass is 349 g/mol. The molecule has 3 fully saturated rings. The number of Topliss-reactive ketones (excluding diaryl/α,β-unsaturated/α-hetero) is 1. The molecule has 0 spiro atoms. The molecule has 3 amide bonds. The van der Waals surface area contributed by atoms with E-state index in [4.69, 9.17) is 0 Å². The van der Waals surface area contributed by atoms with Gasteiger partial charge in [0.05, 0.1) is 12.0 Å². The largest absolute Gasteiger partial charge is 0.326 e. The van der Waals surface area contributed by atoms with Crippen molar-refractivity contribution in [3.63, 3.8) is 0 Å². The zero-order chi connectivity index (χ0) is 18.0. The molecular formula is C19H31N3O3. The van der Waals surface area contributed by atoms with E-state index in [2.05, 4.69) is 5.32 Å². The van der Waals surface area contributed by atoms with Gasteiger partial charge < -0.3 is 10.2 Å². The summed E-state index contributed by atoms with van der Waals surface area (Å²) in [6, 6.07) is -0.324. The number of carbonyl (C=O) groups excluding carboxylic acids is 3. The first kappa shape index (κ1) is 18.4. The number of urea groups is 1. The summed E-state index contributed by atoms with van der Waals surface area (Å²) in [6.07, 6.45) is 7.43. The molecule has 1 saturated carbocycles. The summed E-state index contributed by atoms with van der Waals surface area (Å²) >= 11 is 0. The maximum Gasteiger partial charge on any atom is 0.326 e. The molecule has 6 heteroatoms. The van der Waals surface area contributed by atoms with Crippen molar-refractivity contribution in [2.45, 2.75) is 51.9 Å². The number of nitrogens with zero attached hydrogens (tertiary/aromatic N) is 2. The maximum atomic E-state index is 13.2. The zero-order valence-electron chi connectivity index (χ0n) is 15.6. The Morgan fingerprint density at radius 1 is 1.16 bits per heavy atom. The highest BCUT2D eigenvalue weighted by Crippen LogP contribution is 2.42. The minimum atomic E-state index is -0.561. The van der Waals surface area contributed by atoms with Crippen LogP contribution in [0.3, 0.4) is 0 Å². The fourth-order valence-electron chi connectivity index (χ4n) is 4.82. The second-order valence-corrected chi connectivity index (χ2v) is 8.29. The van der Waals surface area contributed by atoms with E-state index in [9.17, 15) is 14.4 Å². The highest BCUT2D eigenvalue weighted by Gasteiger charge is 2.51. The molecule has 25 heavy (non-hydrogen) atoms. The van der Waals surface area contributed by atoms with Crippen molar-refractivity contribution >= 4 is 17.7 Å². The molecular weight excluding hydrogens is 318 g/mol. The predicted molar refractivity (Wildman–Crippen MR) is 95.0 cm³/mol. The first-order valence-electron chi connectivity index (χ1n) is 9.74. The quantitative estimate of drug-likeness (QED) is 0.843. The van der Waals surface area contributed by atoms with Gasteiger partial charge in [0.1, 0.15) is 0 Å². The van der Waals surface area contributed by atoms with Gasteiger partial charge in [-0.15, -0.1) is 0 Å². The molecule has 2 aliphatic heterocycles. The molecule has 2 heterocycles. The van der Waals surface area contributed by atoms with Crippen LogP contribution in [0.5, 0.6) is 0 Å². The average molecular weight is 349 g/mol. The van der Waals surface area contributed by atoms with Gasteiger partial charge in [-0.3, -0.25) is 14.5 Å². The van der Waals surface area contributed by atoms with Crippen LogP contribution in [0.1, 0.15) is 51.9 Å². The number of rotatable bonds is 4. The Morgan fingerprint density at radius 3 is 2.52 bits per heavy atom. The number of nitrogens with one attached hydrogen (secondary N) is 1. The molecule has 3 rings (SSSR count). The van der Waals surface area contributed by atoms with Gasteiger partial charge in [-0.05, 0) is 45.1 Å². The van der Waals surface area contributed by atoms with E-state index in [0.29, 0.717) is 19.0 Å². The standard InChI is InChI=1S/C19H31N3O3/c1-19(15-8-4-3-5-9-15)13-21(2)18(25)22(17(19)24)12-16(23)14-7-6-10-20-11-14/h14-15,20H,3-13H2,1-2H3. The van der Waals surface area contributed by atoms with E-state index in [1.54, 1.807) is 11.9 Å². The Balaban J connectivity index is 1.75. The highest BCUT2D eigenvalue weighted by atomic mass is 16.2. The van der Waals surface area contributed by atoms with Gasteiger partial charge >= 0.3 is 6.03 Å². The molecule has 140 valence electrons. The molecule has 0 bridgehead atoms. The summed E-state index contributed by atoms with van der Waals surface area (Å²) in [5, 5.41) is 3.23. The van der Waals surface area contributed by atoms with Gasteiger partial charge in [0.25, 0.3) is 0 Å². The van der Waals surface area contributed by atoms with Gasteiger partial charge in [0, 0.05) is 26.1 Å². The van der Waals surface area contributed by atoms with Crippen LogP contribution in [0.4, 0.5) is 4.79 Å². The minimum Gasteiger partial charge on any atom is -0.326 e. The minimum absolute atomic E-state index is 0.00944. The summed E-state index contributed by atoms with van der Waals surface area (Å²) in [6.45, 7) is 3.98. The first-order chi connectivity index (χ1) is 11.9. The fourth-order valence-corrected chi connectivity index (χ4v) is 4.82. The average Bonchev–Trinajstić information content (AvgIpc) is 2.65. The number of ketones is 1. The van der Waals surface area contributed by atoms with Crippen LogP contribution >= 0.6 is 0 Å². The normalized spacial score (nSPS) is 32.2. The number of hydrogen-bond donors (Lipinski definition) is 1. The van der Waals surface area contributed by atoms with E-state index in [1.807, 2.05) is 6.92 Å². The van der Waals surface area contributed by atoms with Gasteiger partial charge in [0.15, 0.2) is 5.78 Å². The van der Waals surface area contributed by atoms with Crippen molar-refractivity contribution in [3.05, 3.63) is 0 Å². The lowest BCUT2D eigenvalue weighted by atomic mass is 9.68. The lowest BCUT2D eigenvalue weighted by Gasteiger charge is -2.47. The third-order valence-electron chi connectivity index (χ3n) is 6.43. The van der Waals surface area contributed by atoms with E-state index >= 15 is 0 Å². The molecule has 0 aromatic carbocycles. The maximum absolute atomic E-state index is 13.2. The van der Waals surface area contributed by atoms with Crippen LogP contribution in [0.25, 0.3) is 0 Å². The number of amides is 3. The Bertz CT molecular complexity index is 538. The summed E-state index contributed by atoms with van der Waals surface area (Å²) in [4.78, 5) is 41.3. The van der Waals surface area contributed by atoms with Crippen LogP contribution < -0.4 is 5.32 Å². The van der Waals surface area contributed by atoms with E-state index in [-0.39, 0.29) is 30.2 Å². The van der Waals surface area contributed by atoms with E-state index in [0.717, 1.165) is 45.1 Å². The van der Waals surface area contributed by atoms with Crippen LogP contribution in [-0.2, 0) is 9.59 Å². The third-order valence-corrected chi connectivity index (χ3v) is 6.43. The molecule has 1 aliphatic carbocycles. The fraction of sp³-hybridized carbons (Fsp3) is 0.842. The first-order valence-corrected chi connectivity index (χ1v) is 9.74. The number of carbonyl (C=O) groups is 3. The van der Waals surface area contributed by atoms with Crippen molar-refractivity contribution in [2.75, 3.05) is 33.2 Å². The number of imide groups is 1. The van der Waals surface area contributed by atoms with Gasteiger partial charge in [-0.1, -0.05) is 19.3 Å². The molecule has 0 aromatic rings. The Hall–Kier alpha value is -1.43. The summed E-state index contributed by atoms with van der Waals surface area (Å²) in [5.74, 6) is 0.0931. The van der Waals surface area contributed by atoms with Crippen molar-refractivity contribution in [3.8, 4) is 0 Å². The van der Waals surface area contributed by atoms with Crippen molar-refractivity contribution in [2.24, 2.45) is 17.3 Å². The second-order valence-electron chi connectivity index (χ2n) is 8.29. The van der Waals surface area contributed by atoms with Gasteiger partial charge in [-0.2, -0.15) is 0 Å². The number of piperidine rings is 1. The Labute approximate surface area is 150 Å². The third kappa shape index (κ3) is 3.59. The SMILES string of the molecule is CN1CC(C)(C2CCCCC2)C(=O)N(CC(=O)C2CCCNC2)C1=O. The summed E-state index contributed by atoms with van der Waals surface area (Å²) in [7, 11) is 1.75. The lowest BCUT2D eigenvalue weighted by Crippen LogP contribution is -2.63. The zero-order valence-corrected chi connectivity index (χ0v) is 15.6. The number of hydrogen-bond acceptors (Lipinski definition) is 4. The van der Waals surface area contributed by atoms with E-state index < -0.39 is 5.41 Å². The molecule has 0 aromatic heterocycles. The molecule has 6 nitrogen and oxygen atoms in total. The molecule has 2 unspecified atom stereocenters.